The standard InChI is InChI=1S/C12H20O6.C10H16O6.C2H7NO.CH4/c1-12(5-8(14)3-2-4-13)17-7-10-11(18-12)9(15)6-16-10;1-10(3-8(12)13-2)15-5-7-9(16-10)6(11)4-14-7;3-1-2-4;/h9-11,13,15H,2-7H2,1H3;6-7,9,11H,3-5H2,1-2H3;4H,1-3H2;1H4. The molecule has 0 spiro atoms. The molecule has 4 aliphatic rings. The molecule has 0 aromatic rings. The number of aliphatic hydroxyl groups is 4. The van der Waals surface area contributed by atoms with Crippen LogP contribution >= 0.6 is 0 Å². The average molecular weight is 570 g/mol. The zero-order chi connectivity index (χ0) is 28.3. The van der Waals surface area contributed by atoms with E-state index in [2.05, 4.69) is 4.74 Å². The van der Waals surface area contributed by atoms with Gasteiger partial charge in [-0.05, 0) is 20.3 Å². The molecule has 4 heterocycles. The first-order valence-corrected chi connectivity index (χ1v) is 12.7. The largest absolute Gasteiger partial charge is 0.469 e. The fourth-order valence-corrected chi connectivity index (χ4v) is 4.32. The lowest BCUT2D eigenvalue weighted by Crippen LogP contribution is -2.52. The summed E-state index contributed by atoms with van der Waals surface area (Å²) in [5.41, 5.74) is 4.78. The zero-order valence-corrected chi connectivity index (χ0v) is 22.3. The Bertz CT molecular complexity index is 741. The van der Waals surface area contributed by atoms with Crippen LogP contribution in [-0.2, 0) is 42.7 Å². The summed E-state index contributed by atoms with van der Waals surface area (Å²) in [4.78, 5) is 22.9. The Balaban J connectivity index is 0.000000337. The van der Waals surface area contributed by atoms with Gasteiger partial charge in [0.15, 0.2) is 11.6 Å². The van der Waals surface area contributed by atoms with E-state index in [0.717, 1.165) is 0 Å². The summed E-state index contributed by atoms with van der Waals surface area (Å²) < 4.78 is 37.4. The molecule has 14 heteroatoms. The lowest BCUT2D eigenvalue weighted by Gasteiger charge is -2.40. The molecule has 4 aliphatic heterocycles. The monoisotopic (exact) mass is 569 g/mol. The van der Waals surface area contributed by atoms with E-state index in [-0.39, 0.29) is 64.7 Å². The summed E-state index contributed by atoms with van der Waals surface area (Å²) in [6.45, 7) is 4.96. The molecule has 0 aliphatic carbocycles. The number of esters is 1. The number of carbonyl (C=O) groups is 2. The number of Topliss-reactive ketones (excluding diaryl/α,β-unsaturated/α-hetero) is 1. The van der Waals surface area contributed by atoms with Crippen molar-refractivity contribution in [2.45, 2.75) is 95.2 Å². The molecule has 0 bridgehead atoms. The summed E-state index contributed by atoms with van der Waals surface area (Å²) in [6, 6.07) is 0. The Hall–Kier alpha value is -1.30. The number of hydrogen-bond donors (Lipinski definition) is 5. The number of rotatable bonds is 8. The van der Waals surface area contributed by atoms with Crippen LogP contribution in [0, 0.1) is 0 Å². The Morgan fingerprint density at radius 2 is 1.33 bits per heavy atom. The quantitative estimate of drug-likeness (QED) is 0.214. The predicted molar refractivity (Wildman–Crippen MR) is 135 cm³/mol. The normalized spacial score (nSPS) is 36.6. The average Bonchev–Trinajstić information content (AvgIpc) is 3.44. The second-order valence-electron chi connectivity index (χ2n) is 9.74. The smallest absolute Gasteiger partial charge is 0.310 e. The zero-order valence-electron chi connectivity index (χ0n) is 22.3. The van der Waals surface area contributed by atoms with Crippen molar-refractivity contribution in [3.63, 3.8) is 0 Å². The highest BCUT2D eigenvalue weighted by molar-refractivity contribution is 5.79. The van der Waals surface area contributed by atoms with Crippen molar-refractivity contribution in [1.82, 2.24) is 0 Å². The van der Waals surface area contributed by atoms with Gasteiger partial charge in [0.1, 0.15) is 42.4 Å². The highest BCUT2D eigenvalue weighted by Crippen LogP contribution is 2.34. The highest BCUT2D eigenvalue weighted by Gasteiger charge is 2.49. The van der Waals surface area contributed by atoms with Gasteiger partial charge in [-0.25, -0.2) is 0 Å². The van der Waals surface area contributed by atoms with Gasteiger partial charge in [-0.15, -0.1) is 0 Å². The molecular weight excluding hydrogens is 522 g/mol. The maximum Gasteiger partial charge on any atom is 0.310 e. The van der Waals surface area contributed by atoms with Crippen molar-refractivity contribution in [1.29, 1.82) is 0 Å². The molecule has 4 saturated heterocycles. The van der Waals surface area contributed by atoms with Crippen molar-refractivity contribution < 1.29 is 63.2 Å². The van der Waals surface area contributed by atoms with Crippen LogP contribution in [-0.4, -0.2) is 134 Å². The van der Waals surface area contributed by atoms with E-state index < -0.39 is 42.0 Å². The first-order valence-electron chi connectivity index (χ1n) is 12.7. The summed E-state index contributed by atoms with van der Waals surface area (Å²) in [5, 5.41) is 35.8. The summed E-state index contributed by atoms with van der Waals surface area (Å²) >= 11 is 0. The van der Waals surface area contributed by atoms with Gasteiger partial charge in [0.25, 0.3) is 0 Å². The number of ketones is 1. The third-order valence-electron chi connectivity index (χ3n) is 6.28. The van der Waals surface area contributed by atoms with Crippen LogP contribution in [0.3, 0.4) is 0 Å². The Morgan fingerprint density at radius 3 is 1.74 bits per heavy atom. The Morgan fingerprint density at radius 1 is 0.872 bits per heavy atom. The van der Waals surface area contributed by atoms with Gasteiger partial charge in [-0.1, -0.05) is 7.43 Å². The van der Waals surface area contributed by atoms with Crippen LogP contribution in [0.1, 0.15) is 47.0 Å². The predicted octanol–water partition coefficient (Wildman–Crippen LogP) is -1.38. The van der Waals surface area contributed by atoms with Crippen LogP contribution in [0.2, 0.25) is 0 Å². The molecule has 8 unspecified atom stereocenters. The van der Waals surface area contributed by atoms with E-state index in [1.54, 1.807) is 13.8 Å². The van der Waals surface area contributed by atoms with Crippen LogP contribution in [0.5, 0.6) is 0 Å². The lowest BCUT2D eigenvalue weighted by atomic mass is 10.0. The van der Waals surface area contributed by atoms with Crippen molar-refractivity contribution >= 4 is 11.8 Å². The van der Waals surface area contributed by atoms with Gasteiger partial charge in [-0.3, -0.25) is 9.59 Å². The molecule has 39 heavy (non-hydrogen) atoms. The number of nitrogens with two attached hydrogens (primary N) is 1. The Kier molecular flexibility index (Phi) is 15.4. The topological polar surface area (TPSA) is 206 Å². The number of fused-ring (bicyclic) bond motifs is 2. The second kappa shape index (κ2) is 16.8. The molecule has 0 aromatic carbocycles. The van der Waals surface area contributed by atoms with E-state index in [1.165, 1.54) is 7.11 Å². The molecule has 6 N–H and O–H groups in total. The molecule has 0 amide bonds. The van der Waals surface area contributed by atoms with Crippen molar-refractivity contribution in [3.8, 4) is 0 Å². The van der Waals surface area contributed by atoms with E-state index in [4.69, 9.17) is 44.4 Å². The molecule has 0 saturated carbocycles. The van der Waals surface area contributed by atoms with E-state index in [9.17, 15) is 19.8 Å². The van der Waals surface area contributed by atoms with Crippen molar-refractivity contribution in [2.24, 2.45) is 5.73 Å². The molecule has 4 fully saturated rings. The van der Waals surface area contributed by atoms with E-state index in [1.807, 2.05) is 0 Å². The minimum absolute atomic E-state index is 0. The van der Waals surface area contributed by atoms with Gasteiger partial charge in [-0.2, -0.15) is 0 Å². The van der Waals surface area contributed by atoms with Crippen molar-refractivity contribution in [2.75, 3.05) is 53.3 Å². The summed E-state index contributed by atoms with van der Waals surface area (Å²) in [7, 11) is 1.31. The number of aliphatic hydroxyl groups excluding tert-OH is 4. The van der Waals surface area contributed by atoms with Crippen LogP contribution in [0.4, 0.5) is 0 Å². The molecule has 0 aromatic heterocycles. The molecule has 230 valence electrons. The van der Waals surface area contributed by atoms with Gasteiger partial charge < -0.3 is 59.3 Å². The third-order valence-corrected chi connectivity index (χ3v) is 6.28. The number of carbonyl (C=O) groups excluding carboxylic acids is 2. The minimum Gasteiger partial charge on any atom is -0.469 e. The molecule has 14 nitrogen and oxygen atoms in total. The third kappa shape index (κ3) is 10.9. The molecular formula is C25H47NO13. The number of ether oxygens (including phenoxy) is 7. The number of methoxy groups -OCH3 is 1. The first kappa shape index (κ1) is 35.7. The number of hydrogen-bond acceptors (Lipinski definition) is 14. The van der Waals surface area contributed by atoms with Crippen LogP contribution in [0.25, 0.3) is 0 Å². The van der Waals surface area contributed by atoms with Crippen molar-refractivity contribution in [3.05, 3.63) is 0 Å². The van der Waals surface area contributed by atoms with E-state index >= 15 is 0 Å². The Labute approximate surface area is 229 Å². The van der Waals surface area contributed by atoms with Gasteiger partial charge in [0.05, 0.1) is 53.0 Å². The lowest BCUT2D eigenvalue weighted by molar-refractivity contribution is -0.309. The molecule has 0 radical (unpaired) electrons. The SMILES string of the molecule is C.CC1(CC(=O)CCCO)OCC2OCC(O)C2O1.COC(=O)CC1(C)OCC2OCC(O)C2O1.NCCO. The molecule has 8 atom stereocenters. The van der Waals surface area contributed by atoms with Gasteiger partial charge in [0.2, 0.25) is 0 Å². The first-order chi connectivity index (χ1) is 18.0. The maximum absolute atomic E-state index is 11.7. The van der Waals surface area contributed by atoms with Gasteiger partial charge >= 0.3 is 5.97 Å². The van der Waals surface area contributed by atoms with Crippen LogP contribution in [0.15, 0.2) is 0 Å². The summed E-state index contributed by atoms with van der Waals surface area (Å²) in [6.07, 6.45) is -1.78. The minimum atomic E-state index is -1.04. The van der Waals surface area contributed by atoms with Crippen LogP contribution < -0.4 is 5.73 Å². The summed E-state index contributed by atoms with van der Waals surface area (Å²) in [5.74, 6) is -2.46. The maximum atomic E-state index is 11.7. The van der Waals surface area contributed by atoms with Gasteiger partial charge in [0, 0.05) is 19.6 Å². The molecule has 4 rings (SSSR count). The second-order valence-corrected chi connectivity index (χ2v) is 9.74. The van der Waals surface area contributed by atoms with E-state index in [0.29, 0.717) is 32.6 Å². The highest BCUT2D eigenvalue weighted by atomic mass is 16.7. The fourth-order valence-electron chi connectivity index (χ4n) is 4.32. The fraction of sp³-hybridized carbons (Fsp3) is 0.920.